The molecule has 0 unspecified atom stereocenters. The van der Waals surface area contributed by atoms with Crippen LogP contribution in [0.1, 0.15) is 5.56 Å². The van der Waals surface area contributed by atoms with Crippen molar-refractivity contribution in [1.29, 1.82) is 0 Å². The molecule has 8 heteroatoms. The first-order chi connectivity index (χ1) is 9.85. The lowest BCUT2D eigenvalue weighted by atomic mass is 10.2. The third-order valence-corrected chi connectivity index (χ3v) is 2.43. The molecule has 0 spiro atoms. The minimum Gasteiger partial charge on any atom is -0.504 e. The van der Waals surface area contributed by atoms with Crippen LogP contribution < -0.4 is 0 Å². The number of carbonyl (C=O) groups is 2. The maximum Gasteiger partial charge on any atom is 0.347 e. The number of phenolic OH excluding ortho intramolecular Hbond substituents is 2. The van der Waals surface area contributed by atoms with Crippen LogP contribution in [-0.2, 0) is 14.3 Å². The molecule has 0 aliphatic carbocycles. The molecule has 114 valence electrons. The summed E-state index contributed by atoms with van der Waals surface area (Å²) in [5.41, 5.74) is 0.358. The third kappa shape index (κ3) is 4.79. The number of carboxylic acid groups (broad SMARTS) is 1. The van der Waals surface area contributed by atoms with Gasteiger partial charge in [-0.15, -0.1) is 0 Å². The Morgan fingerprint density at radius 2 is 1.90 bits per heavy atom. The van der Waals surface area contributed by atoms with Crippen LogP contribution in [-0.4, -0.2) is 56.3 Å². The second kappa shape index (κ2) is 7.27. The number of aliphatic hydroxyl groups excluding tert-OH is 2. The fourth-order valence-corrected chi connectivity index (χ4v) is 1.36. The first kappa shape index (κ1) is 16.5. The quantitative estimate of drug-likeness (QED) is 0.267. The number of benzene rings is 1. The van der Waals surface area contributed by atoms with E-state index in [9.17, 15) is 19.8 Å². The number of hydrogen-bond acceptors (Lipinski definition) is 7. The predicted molar refractivity (Wildman–Crippen MR) is 69.4 cm³/mol. The molecule has 5 N–H and O–H groups in total. The summed E-state index contributed by atoms with van der Waals surface area (Å²) < 4.78 is 4.49. The number of esters is 1. The largest absolute Gasteiger partial charge is 0.504 e. The van der Waals surface area contributed by atoms with Crippen molar-refractivity contribution < 1.29 is 39.9 Å². The highest BCUT2D eigenvalue weighted by Crippen LogP contribution is 2.25. The van der Waals surface area contributed by atoms with Crippen LogP contribution in [0.3, 0.4) is 0 Å². The molecule has 21 heavy (non-hydrogen) atoms. The van der Waals surface area contributed by atoms with E-state index in [1.807, 2.05) is 0 Å². The molecule has 0 fully saturated rings. The normalized spacial score (nSPS) is 13.8. The van der Waals surface area contributed by atoms with Crippen molar-refractivity contribution in [2.75, 3.05) is 6.61 Å². The summed E-state index contributed by atoms with van der Waals surface area (Å²) in [5.74, 6) is -3.36. The summed E-state index contributed by atoms with van der Waals surface area (Å²) in [4.78, 5) is 22.2. The van der Waals surface area contributed by atoms with Gasteiger partial charge in [-0.2, -0.15) is 0 Å². The van der Waals surface area contributed by atoms with Gasteiger partial charge in [0.2, 0.25) is 6.10 Å². The van der Waals surface area contributed by atoms with E-state index >= 15 is 0 Å². The molecule has 0 saturated carbocycles. The molecule has 0 amide bonds. The van der Waals surface area contributed by atoms with Gasteiger partial charge in [0, 0.05) is 6.08 Å². The number of ether oxygens (including phenoxy) is 1. The number of hydrogen-bond donors (Lipinski definition) is 5. The second-order valence-electron chi connectivity index (χ2n) is 4.03. The molecule has 0 aromatic heterocycles. The molecule has 0 aliphatic heterocycles. The van der Waals surface area contributed by atoms with Crippen LogP contribution >= 0.6 is 0 Å². The van der Waals surface area contributed by atoms with Crippen molar-refractivity contribution in [3.63, 3.8) is 0 Å². The molecule has 0 aliphatic rings. The van der Waals surface area contributed by atoms with Gasteiger partial charge in [0.15, 0.2) is 11.5 Å². The van der Waals surface area contributed by atoms with Crippen molar-refractivity contribution in [2.45, 2.75) is 12.2 Å². The zero-order chi connectivity index (χ0) is 16.0. The van der Waals surface area contributed by atoms with E-state index in [0.717, 1.165) is 6.08 Å². The Hall–Kier alpha value is -2.58. The highest BCUT2D eigenvalue weighted by atomic mass is 16.6. The Morgan fingerprint density at radius 1 is 1.24 bits per heavy atom. The van der Waals surface area contributed by atoms with Crippen LogP contribution in [0.5, 0.6) is 11.5 Å². The van der Waals surface area contributed by atoms with Crippen molar-refractivity contribution in [1.82, 2.24) is 0 Å². The molecule has 2 atom stereocenters. The topological polar surface area (TPSA) is 145 Å². The zero-order valence-electron chi connectivity index (χ0n) is 10.7. The molecule has 1 aromatic carbocycles. The molecule has 1 aromatic rings. The monoisotopic (exact) mass is 298 g/mol. The van der Waals surface area contributed by atoms with Crippen LogP contribution in [0.25, 0.3) is 6.08 Å². The van der Waals surface area contributed by atoms with Crippen molar-refractivity contribution in [3.8, 4) is 11.5 Å². The van der Waals surface area contributed by atoms with Crippen molar-refractivity contribution >= 4 is 18.0 Å². The van der Waals surface area contributed by atoms with Crippen molar-refractivity contribution in [3.05, 3.63) is 29.8 Å². The average molecular weight is 298 g/mol. The Labute approximate surface area is 119 Å². The maximum atomic E-state index is 11.4. The number of phenols is 2. The Morgan fingerprint density at radius 3 is 2.43 bits per heavy atom. The SMILES string of the molecule is O=C(C=Cc1ccc(O)c(O)c1)O[C@H](C(=O)O)[C@H](O)CO. The molecule has 0 saturated heterocycles. The molecular weight excluding hydrogens is 284 g/mol. The van der Waals surface area contributed by atoms with Crippen LogP contribution in [0.2, 0.25) is 0 Å². The lowest BCUT2D eigenvalue weighted by Crippen LogP contribution is -2.40. The van der Waals surface area contributed by atoms with Gasteiger partial charge in [-0.25, -0.2) is 9.59 Å². The average Bonchev–Trinajstić information content (AvgIpc) is 2.44. The van der Waals surface area contributed by atoms with Crippen molar-refractivity contribution in [2.24, 2.45) is 0 Å². The summed E-state index contributed by atoms with van der Waals surface area (Å²) in [6, 6.07) is 3.78. The van der Waals surface area contributed by atoms with Crippen LogP contribution in [0, 0.1) is 0 Å². The number of carboxylic acids is 1. The highest BCUT2D eigenvalue weighted by molar-refractivity contribution is 5.89. The molecule has 0 radical (unpaired) electrons. The highest BCUT2D eigenvalue weighted by Gasteiger charge is 2.29. The molecule has 1 rings (SSSR count). The first-order valence-corrected chi connectivity index (χ1v) is 5.77. The van der Waals surface area contributed by atoms with Gasteiger partial charge in [-0.3, -0.25) is 0 Å². The summed E-state index contributed by atoms with van der Waals surface area (Å²) in [7, 11) is 0. The van der Waals surface area contributed by atoms with Gasteiger partial charge in [-0.05, 0) is 23.8 Å². The predicted octanol–water partition coefficient (Wildman–Crippen LogP) is -0.539. The number of aliphatic hydroxyl groups is 2. The maximum absolute atomic E-state index is 11.4. The van der Waals surface area contributed by atoms with Crippen LogP contribution in [0.15, 0.2) is 24.3 Å². The number of rotatable bonds is 6. The Bertz CT molecular complexity index is 551. The van der Waals surface area contributed by atoms with E-state index in [1.165, 1.54) is 24.3 Å². The van der Waals surface area contributed by atoms with E-state index in [4.69, 9.17) is 15.3 Å². The lowest BCUT2D eigenvalue weighted by molar-refractivity contribution is -0.170. The smallest absolute Gasteiger partial charge is 0.347 e. The number of aliphatic carboxylic acids is 1. The minimum absolute atomic E-state index is 0.327. The number of carbonyl (C=O) groups excluding carboxylic acids is 1. The van der Waals surface area contributed by atoms with Gasteiger partial charge >= 0.3 is 11.9 Å². The standard InChI is InChI=1S/C13H14O8/c14-6-10(17)12(13(19)20)21-11(18)4-2-7-1-3-8(15)9(16)5-7/h1-5,10,12,14-17H,6H2,(H,19,20)/t10-,12+/m1/s1. The lowest BCUT2D eigenvalue weighted by Gasteiger charge is -2.16. The van der Waals surface area contributed by atoms with Crippen LogP contribution in [0.4, 0.5) is 0 Å². The summed E-state index contributed by atoms with van der Waals surface area (Å²) in [5, 5.41) is 45.0. The van der Waals surface area contributed by atoms with Gasteiger partial charge in [-0.1, -0.05) is 6.07 Å². The summed E-state index contributed by atoms with van der Waals surface area (Å²) in [6.45, 7) is -0.875. The number of aromatic hydroxyl groups is 2. The minimum atomic E-state index is -1.89. The van der Waals surface area contributed by atoms with E-state index in [0.29, 0.717) is 5.56 Å². The fourth-order valence-electron chi connectivity index (χ4n) is 1.36. The zero-order valence-corrected chi connectivity index (χ0v) is 10.7. The molecule has 8 nitrogen and oxygen atoms in total. The summed E-state index contributed by atoms with van der Waals surface area (Å²) in [6.07, 6.45) is -1.53. The van der Waals surface area contributed by atoms with Gasteiger partial charge in [0.05, 0.1) is 6.61 Å². The van der Waals surface area contributed by atoms with E-state index in [1.54, 1.807) is 0 Å². The van der Waals surface area contributed by atoms with E-state index in [-0.39, 0.29) is 11.5 Å². The molecular formula is C13H14O8. The molecule has 0 heterocycles. The van der Waals surface area contributed by atoms with E-state index in [2.05, 4.69) is 4.74 Å². The van der Waals surface area contributed by atoms with Gasteiger partial charge in [0.25, 0.3) is 0 Å². The Balaban J connectivity index is 2.73. The van der Waals surface area contributed by atoms with E-state index < -0.39 is 30.8 Å². The fraction of sp³-hybridized carbons (Fsp3) is 0.231. The third-order valence-electron chi connectivity index (χ3n) is 2.43. The Kier molecular flexibility index (Phi) is 5.70. The second-order valence-corrected chi connectivity index (χ2v) is 4.03. The summed E-state index contributed by atoms with van der Waals surface area (Å²) >= 11 is 0. The van der Waals surface area contributed by atoms with Gasteiger partial charge < -0.3 is 30.3 Å². The molecule has 0 bridgehead atoms. The first-order valence-electron chi connectivity index (χ1n) is 5.77. The van der Waals surface area contributed by atoms with Gasteiger partial charge in [0.1, 0.15) is 6.10 Å².